The summed E-state index contributed by atoms with van der Waals surface area (Å²) in [5.74, 6) is 0. The van der Waals surface area contributed by atoms with Crippen molar-refractivity contribution in [1.82, 2.24) is 0 Å². The van der Waals surface area contributed by atoms with Crippen molar-refractivity contribution in [2.45, 2.75) is 0 Å². The molecule has 31 heavy (non-hydrogen) atoms. The molecule has 0 unspecified atom stereocenters. The third kappa shape index (κ3) is 4.28. The van der Waals surface area contributed by atoms with Crippen molar-refractivity contribution in [2.24, 2.45) is 0 Å². The average molecular weight is 420 g/mol. The number of pyridine rings is 1. The zero-order valence-electron chi connectivity index (χ0n) is 17.0. The molecule has 0 saturated carbocycles. The Bertz CT molecular complexity index is 1190. The maximum absolute atomic E-state index is 2.36. The van der Waals surface area contributed by atoms with Gasteiger partial charge in [0.25, 0.3) is 0 Å². The number of hydrogen-bond acceptors (Lipinski definition) is 0. The summed E-state index contributed by atoms with van der Waals surface area (Å²) in [7, 11) is 0. The lowest BCUT2D eigenvalue weighted by Gasteiger charge is -2.12. The number of nitrogens with zero attached hydrogens (tertiary/aromatic N) is 1. The van der Waals surface area contributed by atoms with Crippen LogP contribution in [0.25, 0.3) is 39.3 Å². The third-order valence-electron chi connectivity index (χ3n) is 5.33. The van der Waals surface area contributed by atoms with Crippen molar-refractivity contribution >= 4 is 0 Å². The van der Waals surface area contributed by atoms with Crippen LogP contribution in [0.1, 0.15) is 0 Å². The van der Waals surface area contributed by atoms with Crippen molar-refractivity contribution < 1.29 is 17.0 Å². The molecular weight excluding hydrogens is 398 g/mol. The minimum Gasteiger partial charge on any atom is -1.00 e. The second-order valence-electron chi connectivity index (χ2n) is 7.28. The quantitative estimate of drug-likeness (QED) is 0.388. The van der Waals surface area contributed by atoms with Crippen LogP contribution in [0.4, 0.5) is 0 Å². The fraction of sp³-hybridized carbons (Fsp3) is 0. The van der Waals surface area contributed by atoms with Gasteiger partial charge in [-0.05, 0) is 35.4 Å². The minimum absolute atomic E-state index is 0. The fourth-order valence-corrected chi connectivity index (χ4v) is 3.89. The molecule has 150 valence electrons. The number of rotatable bonds is 4. The summed E-state index contributed by atoms with van der Waals surface area (Å²) in [4.78, 5) is 0. The number of hydrogen-bond donors (Lipinski definition) is 0. The summed E-state index contributed by atoms with van der Waals surface area (Å²) in [6.07, 6.45) is 0. The molecule has 0 amide bonds. The molecule has 0 atom stereocenters. The zero-order valence-corrected chi connectivity index (χ0v) is 17.8. The predicted octanol–water partition coefficient (Wildman–Crippen LogP) is 3.97. The monoisotopic (exact) mass is 419 g/mol. The Kier molecular flexibility index (Phi) is 6.26. The van der Waals surface area contributed by atoms with Crippen LogP contribution < -0.4 is 17.0 Å². The van der Waals surface area contributed by atoms with Crippen LogP contribution in [-0.2, 0) is 0 Å². The van der Waals surface area contributed by atoms with E-state index < -0.39 is 0 Å². The summed E-state index contributed by atoms with van der Waals surface area (Å²) in [6, 6.07) is 47.0. The number of aromatic nitrogens is 1. The zero-order chi connectivity index (χ0) is 20.2. The number of para-hydroxylation sites is 1. The van der Waals surface area contributed by atoms with E-state index in [2.05, 4.69) is 138 Å². The summed E-state index contributed by atoms with van der Waals surface area (Å²) in [6.45, 7) is 0. The van der Waals surface area contributed by atoms with E-state index in [-0.39, 0.29) is 12.4 Å². The molecule has 0 saturated heterocycles. The first-order valence-corrected chi connectivity index (χ1v) is 10.2. The molecule has 2 heteroatoms. The molecule has 1 aromatic heterocycles. The van der Waals surface area contributed by atoms with Gasteiger partial charge in [-0.15, -0.1) is 0 Å². The van der Waals surface area contributed by atoms with Gasteiger partial charge in [-0.2, -0.15) is 4.57 Å². The Labute approximate surface area is 189 Å². The van der Waals surface area contributed by atoms with Gasteiger partial charge in [0.2, 0.25) is 17.1 Å². The fourth-order valence-electron chi connectivity index (χ4n) is 3.89. The standard InChI is InChI=1S/C29H22N.ClH/c1-5-13-23(14-6-1)26-21-28(24-15-7-2-8-16-24)30(27-19-11-4-12-20-27)29(22-26)25-17-9-3-10-18-25;/h1-22H;1H/q+1;/p-1. The summed E-state index contributed by atoms with van der Waals surface area (Å²) in [5, 5.41) is 0. The molecule has 0 aliphatic rings. The number of benzene rings is 4. The molecule has 1 heterocycles. The van der Waals surface area contributed by atoms with Crippen LogP contribution in [0.15, 0.2) is 133 Å². The highest BCUT2D eigenvalue weighted by molar-refractivity contribution is 5.74. The normalized spacial score (nSPS) is 10.3. The topological polar surface area (TPSA) is 3.88 Å². The molecule has 0 aliphatic carbocycles. The third-order valence-corrected chi connectivity index (χ3v) is 5.33. The maximum atomic E-state index is 2.36. The summed E-state index contributed by atoms with van der Waals surface area (Å²) < 4.78 is 2.36. The van der Waals surface area contributed by atoms with Gasteiger partial charge >= 0.3 is 0 Å². The van der Waals surface area contributed by atoms with E-state index in [0.29, 0.717) is 0 Å². The van der Waals surface area contributed by atoms with Crippen LogP contribution in [0.2, 0.25) is 0 Å². The van der Waals surface area contributed by atoms with E-state index in [0.717, 1.165) is 5.69 Å². The SMILES string of the molecule is [Cl-].c1ccc(-c2cc(-c3ccccc3)[n+](-c3ccccc3)c(-c3ccccc3)c2)cc1. The molecule has 0 radical (unpaired) electrons. The first kappa shape index (κ1) is 20.6. The Morgan fingerprint density at radius 2 is 0.710 bits per heavy atom. The molecule has 4 aromatic carbocycles. The lowest BCUT2D eigenvalue weighted by Crippen LogP contribution is -3.00. The van der Waals surface area contributed by atoms with Gasteiger partial charge in [-0.1, -0.05) is 84.9 Å². The van der Waals surface area contributed by atoms with Gasteiger partial charge in [0.05, 0.1) is 0 Å². The molecule has 1 nitrogen and oxygen atoms in total. The largest absolute Gasteiger partial charge is 1.00 e. The van der Waals surface area contributed by atoms with Crippen LogP contribution in [0, 0.1) is 0 Å². The molecule has 5 rings (SSSR count). The van der Waals surface area contributed by atoms with E-state index in [1.165, 1.54) is 33.6 Å². The van der Waals surface area contributed by atoms with E-state index in [1.807, 2.05) is 0 Å². The van der Waals surface area contributed by atoms with Crippen molar-refractivity contribution in [3.63, 3.8) is 0 Å². The van der Waals surface area contributed by atoms with Gasteiger partial charge in [0.1, 0.15) is 0 Å². The maximum Gasteiger partial charge on any atom is 0.219 e. The van der Waals surface area contributed by atoms with E-state index >= 15 is 0 Å². The van der Waals surface area contributed by atoms with Gasteiger partial charge in [-0.25, -0.2) is 0 Å². The molecule has 0 spiro atoms. The van der Waals surface area contributed by atoms with E-state index in [9.17, 15) is 0 Å². The van der Waals surface area contributed by atoms with Crippen molar-refractivity contribution in [2.75, 3.05) is 0 Å². The molecule has 0 aliphatic heterocycles. The lowest BCUT2D eigenvalue weighted by atomic mass is 9.98. The summed E-state index contributed by atoms with van der Waals surface area (Å²) in [5.41, 5.74) is 8.29. The first-order chi connectivity index (χ1) is 14.9. The second kappa shape index (κ2) is 9.42. The van der Waals surface area contributed by atoms with Crippen LogP contribution in [-0.4, -0.2) is 0 Å². The van der Waals surface area contributed by atoms with E-state index in [4.69, 9.17) is 0 Å². The van der Waals surface area contributed by atoms with Gasteiger partial charge in [0, 0.05) is 35.4 Å². The van der Waals surface area contributed by atoms with Crippen LogP contribution in [0.5, 0.6) is 0 Å². The van der Waals surface area contributed by atoms with Gasteiger partial charge < -0.3 is 12.4 Å². The highest BCUT2D eigenvalue weighted by Gasteiger charge is 2.24. The van der Waals surface area contributed by atoms with Crippen molar-refractivity contribution in [1.29, 1.82) is 0 Å². The number of halogens is 1. The molecule has 0 bridgehead atoms. The Morgan fingerprint density at radius 1 is 0.355 bits per heavy atom. The Hall–Kier alpha value is -3.68. The highest BCUT2D eigenvalue weighted by atomic mass is 35.5. The smallest absolute Gasteiger partial charge is 0.219 e. The van der Waals surface area contributed by atoms with Crippen molar-refractivity contribution in [3.8, 4) is 39.3 Å². The molecular formula is C29H22ClN. The second-order valence-corrected chi connectivity index (χ2v) is 7.28. The minimum atomic E-state index is 0. The first-order valence-electron chi connectivity index (χ1n) is 10.2. The molecule has 5 aromatic rings. The van der Waals surface area contributed by atoms with E-state index in [1.54, 1.807) is 0 Å². The average Bonchev–Trinajstić information content (AvgIpc) is 2.85. The lowest BCUT2D eigenvalue weighted by molar-refractivity contribution is -0.572. The molecule has 0 N–H and O–H groups in total. The van der Waals surface area contributed by atoms with Gasteiger partial charge in [0.15, 0.2) is 0 Å². The Morgan fingerprint density at radius 3 is 1.13 bits per heavy atom. The molecule has 0 fully saturated rings. The summed E-state index contributed by atoms with van der Waals surface area (Å²) >= 11 is 0. The van der Waals surface area contributed by atoms with Gasteiger partial charge in [-0.3, -0.25) is 0 Å². The van der Waals surface area contributed by atoms with Crippen molar-refractivity contribution in [3.05, 3.63) is 133 Å². The van der Waals surface area contributed by atoms with Crippen LogP contribution >= 0.6 is 0 Å². The highest BCUT2D eigenvalue weighted by Crippen LogP contribution is 2.30. The Balaban J connectivity index is 0.00000231. The van der Waals surface area contributed by atoms with Crippen LogP contribution in [0.3, 0.4) is 0 Å². The predicted molar refractivity (Wildman–Crippen MR) is 124 cm³/mol.